The average Bonchev–Trinajstić information content (AvgIpc) is 2.62. The second-order valence-electron chi connectivity index (χ2n) is 7.41. The number of amides is 1. The van der Waals surface area contributed by atoms with Gasteiger partial charge in [-0.2, -0.15) is 0 Å². The molecule has 27 heavy (non-hydrogen) atoms. The van der Waals surface area contributed by atoms with Crippen molar-refractivity contribution in [2.24, 2.45) is 0 Å². The number of hydrogen-bond acceptors (Lipinski definition) is 4. The lowest BCUT2D eigenvalue weighted by Gasteiger charge is -2.35. The number of hydrogen-bond donors (Lipinski definition) is 1. The van der Waals surface area contributed by atoms with E-state index in [2.05, 4.69) is 17.1 Å². The molecule has 1 N–H and O–H groups in total. The van der Waals surface area contributed by atoms with Gasteiger partial charge in [-0.15, -0.1) is 0 Å². The summed E-state index contributed by atoms with van der Waals surface area (Å²) in [6, 6.07) is 7.84. The van der Waals surface area contributed by atoms with Crippen LogP contribution < -0.4 is 9.62 Å². The van der Waals surface area contributed by atoms with Gasteiger partial charge in [-0.05, 0) is 56.8 Å². The van der Waals surface area contributed by atoms with Gasteiger partial charge in [-0.1, -0.05) is 25.5 Å². The second-order valence-corrected chi connectivity index (χ2v) is 9.31. The van der Waals surface area contributed by atoms with Crippen molar-refractivity contribution in [2.75, 3.05) is 36.7 Å². The van der Waals surface area contributed by atoms with Crippen molar-refractivity contribution in [3.8, 4) is 0 Å². The highest BCUT2D eigenvalue weighted by Crippen LogP contribution is 2.20. The Morgan fingerprint density at radius 1 is 1.33 bits per heavy atom. The van der Waals surface area contributed by atoms with E-state index in [4.69, 9.17) is 0 Å². The molecule has 1 aromatic rings. The molecule has 1 amide bonds. The number of carbonyl (C=O) groups is 1. The first-order valence-corrected chi connectivity index (χ1v) is 11.7. The summed E-state index contributed by atoms with van der Waals surface area (Å²) >= 11 is 0. The van der Waals surface area contributed by atoms with Crippen molar-refractivity contribution in [2.45, 2.75) is 52.0 Å². The molecular weight excluding hydrogens is 362 g/mol. The number of nitrogens with zero attached hydrogens (tertiary/aromatic N) is 2. The lowest BCUT2D eigenvalue weighted by Crippen LogP contribution is -2.42. The fraction of sp³-hybridized carbons (Fsp3) is 0.650. The van der Waals surface area contributed by atoms with Crippen molar-refractivity contribution in [3.05, 3.63) is 29.8 Å². The van der Waals surface area contributed by atoms with Gasteiger partial charge in [0.1, 0.15) is 6.54 Å². The van der Waals surface area contributed by atoms with Crippen LogP contribution in [0.15, 0.2) is 24.3 Å². The first-order chi connectivity index (χ1) is 12.8. The van der Waals surface area contributed by atoms with Crippen LogP contribution in [0.4, 0.5) is 5.69 Å². The minimum atomic E-state index is -3.52. The lowest BCUT2D eigenvalue weighted by atomic mass is 10.00. The Morgan fingerprint density at radius 3 is 2.78 bits per heavy atom. The zero-order valence-electron chi connectivity index (χ0n) is 16.8. The third kappa shape index (κ3) is 6.81. The SMILES string of the molecule is CCC1CCCCN1CCCNC(=O)CN(c1cccc(C)c1)S(C)(=O)=O. The van der Waals surface area contributed by atoms with Crippen molar-refractivity contribution >= 4 is 21.6 Å². The van der Waals surface area contributed by atoms with Gasteiger partial charge in [0, 0.05) is 19.1 Å². The van der Waals surface area contributed by atoms with Crippen LogP contribution in [-0.2, 0) is 14.8 Å². The fourth-order valence-electron chi connectivity index (χ4n) is 3.70. The van der Waals surface area contributed by atoms with Crippen LogP contribution in [0.2, 0.25) is 0 Å². The van der Waals surface area contributed by atoms with Crippen LogP contribution in [0.5, 0.6) is 0 Å². The number of piperidine rings is 1. The summed E-state index contributed by atoms with van der Waals surface area (Å²) in [6.45, 7) is 6.62. The molecule has 0 radical (unpaired) electrons. The number of rotatable bonds is 9. The number of anilines is 1. The van der Waals surface area contributed by atoms with Gasteiger partial charge >= 0.3 is 0 Å². The minimum Gasteiger partial charge on any atom is -0.354 e. The summed E-state index contributed by atoms with van der Waals surface area (Å²) in [6.07, 6.45) is 7.01. The van der Waals surface area contributed by atoms with E-state index in [1.54, 1.807) is 18.2 Å². The van der Waals surface area contributed by atoms with E-state index >= 15 is 0 Å². The van der Waals surface area contributed by atoms with Crippen molar-refractivity contribution in [1.29, 1.82) is 0 Å². The van der Waals surface area contributed by atoms with E-state index in [9.17, 15) is 13.2 Å². The molecule has 1 aliphatic heterocycles. The van der Waals surface area contributed by atoms with E-state index < -0.39 is 10.0 Å². The molecule has 0 bridgehead atoms. The van der Waals surface area contributed by atoms with Crippen LogP contribution in [0.25, 0.3) is 0 Å². The average molecular weight is 396 g/mol. The van der Waals surface area contributed by atoms with E-state index in [1.807, 2.05) is 13.0 Å². The molecule has 0 saturated carbocycles. The predicted molar refractivity (Wildman–Crippen MR) is 110 cm³/mol. The Kier molecular flexibility index (Phi) is 8.10. The van der Waals surface area contributed by atoms with Crippen molar-refractivity contribution in [1.82, 2.24) is 10.2 Å². The predicted octanol–water partition coefficient (Wildman–Crippen LogP) is 2.53. The molecule has 152 valence electrons. The number of likely N-dealkylation sites (tertiary alicyclic amines) is 1. The van der Waals surface area contributed by atoms with Gasteiger partial charge in [0.25, 0.3) is 0 Å². The van der Waals surface area contributed by atoms with Gasteiger partial charge in [0.05, 0.1) is 11.9 Å². The summed E-state index contributed by atoms with van der Waals surface area (Å²) < 4.78 is 25.4. The van der Waals surface area contributed by atoms with Crippen LogP contribution >= 0.6 is 0 Å². The molecule has 7 heteroatoms. The molecule has 1 atom stereocenters. The summed E-state index contributed by atoms with van der Waals surface area (Å²) in [7, 11) is -3.52. The van der Waals surface area contributed by atoms with Gasteiger partial charge in [0.15, 0.2) is 0 Å². The number of sulfonamides is 1. The first kappa shape index (κ1) is 21.7. The standard InChI is InChI=1S/C20H33N3O3S/c1-4-18-10-5-6-13-22(18)14-8-12-21-20(24)16-23(27(3,25)26)19-11-7-9-17(2)15-19/h7,9,11,15,18H,4-6,8,10,12-14,16H2,1-3H3,(H,21,24). The Bertz CT molecular complexity index is 721. The summed E-state index contributed by atoms with van der Waals surface area (Å²) in [5.74, 6) is -0.271. The van der Waals surface area contributed by atoms with Crippen molar-refractivity contribution in [3.63, 3.8) is 0 Å². The van der Waals surface area contributed by atoms with Gasteiger partial charge < -0.3 is 10.2 Å². The van der Waals surface area contributed by atoms with E-state index in [-0.39, 0.29) is 12.5 Å². The molecule has 1 aliphatic rings. The molecule has 6 nitrogen and oxygen atoms in total. The highest BCUT2D eigenvalue weighted by Gasteiger charge is 2.22. The highest BCUT2D eigenvalue weighted by atomic mass is 32.2. The Hall–Kier alpha value is -1.60. The number of nitrogens with one attached hydrogen (secondary N) is 1. The van der Waals surface area contributed by atoms with Crippen LogP contribution in [0.1, 0.15) is 44.6 Å². The third-order valence-corrected chi connectivity index (χ3v) is 6.28. The van der Waals surface area contributed by atoms with E-state index in [1.165, 1.54) is 25.7 Å². The Labute approximate surface area is 164 Å². The summed E-state index contributed by atoms with van der Waals surface area (Å²) in [4.78, 5) is 14.8. The normalized spacial score (nSPS) is 18.3. The van der Waals surface area contributed by atoms with E-state index in [0.717, 1.165) is 35.6 Å². The van der Waals surface area contributed by atoms with Crippen molar-refractivity contribution < 1.29 is 13.2 Å². The molecule has 1 unspecified atom stereocenters. The van der Waals surface area contributed by atoms with Crippen LogP contribution in [0.3, 0.4) is 0 Å². The fourth-order valence-corrected chi connectivity index (χ4v) is 4.54. The molecular formula is C20H33N3O3S. The summed E-state index contributed by atoms with van der Waals surface area (Å²) in [5, 5.41) is 2.87. The van der Waals surface area contributed by atoms with Crippen LogP contribution in [-0.4, -0.2) is 57.7 Å². The molecule has 1 heterocycles. The second kappa shape index (κ2) is 10.1. The maximum Gasteiger partial charge on any atom is 0.240 e. The highest BCUT2D eigenvalue weighted by molar-refractivity contribution is 7.92. The zero-order chi connectivity index (χ0) is 19.9. The maximum atomic E-state index is 12.3. The molecule has 1 saturated heterocycles. The van der Waals surface area contributed by atoms with E-state index in [0.29, 0.717) is 18.3 Å². The zero-order valence-corrected chi connectivity index (χ0v) is 17.6. The Morgan fingerprint density at radius 2 is 2.11 bits per heavy atom. The molecule has 0 spiro atoms. The smallest absolute Gasteiger partial charge is 0.240 e. The molecule has 0 aliphatic carbocycles. The largest absolute Gasteiger partial charge is 0.354 e. The maximum absolute atomic E-state index is 12.3. The van der Waals surface area contributed by atoms with Crippen LogP contribution in [0, 0.1) is 6.92 Å². The number of carbonyl (C=O) groups excluding carboxylic acids is 1. The lowest BCUT2D eigenvalue weighted by molar-refractivity contribution is -0.119. The van der Waals surface area contributed by atoms with Gasteiger partial charge in [0.2, 0.25) is 15.9 Å². The topological polar surface area (TPSA) is 69.7 Å². The number of aryl methyl sites for hydroxylation is 1. The molecule has 0 aromatic heterocycles. The van der Waals surface area contributed by atoms with Gasteiger partial charge in [-0.3, -0.25) is 9.10 Å². The number of benzene rings is 1. The Balaban J connectivity index is 1.84. The molecule has 1 fully saturated rings. The monoisotopic (exact) mass is 395 g/mol. The molecule has 2 rings (SSSR count). The first-order valence-electron chi connectivity index (χ1n) is 9.86. The third-order valence-electron chi connectivity index (χ3n) is 5.14. The quantitative estimate of drug-likeness (QED) is 0.653. The minimum absolute atomic E-state index is 0.191. The summed E-state index contributed by atoms with van der Waals surface area (Å²) in [5.41, 5.74) is 1.47. The van der Waals surface area contributed by atoms with Gasteiger partial charge in [-0.25, -0.2) is 8.42 Å². The molecule has 1 aromatic carbocycles.